The van der Waals surface area contributed by atoms with Crippen molar-refractivity contribution in [2.24, 2.45) is 5.92 Å². The lowest BCUT2D eigenvalue weighted by Gasteiger charge is -2.21. The van der Waals surface area contributed by atoms with Gasteiger partial charge in [-0.15, -0.1) is 12.4 Å². The zero-order valence-corrected chi connectivity index (χ0v) is 15.0. The molecule has 1 aromatic carbocycles. The number of carbonyl (C=O) groups excluding carboxylic acids is 2. The lowest BCUT2D eigenvalue weighted by molar-refractivity contribution is -0.120. The SMILES string of the molecule is Cl.O=C(Nc1cc(NC(=O)C2CCCN2)ccc1F)C1CCCCC1. The van der Waals surface area contributed by atoms with Gasteiger partial charge in [-0.25, -0.2) is 4.39 Å². The van der Waals surface area contributed by atoms with Crippen LogP contribution in [-0.2, 0) is 9.59 Å². The number of amides is 2. The van der Waals surface area contributed by atoms with Gasteiger partial charge < -0.3 is 16.0 Å². The van der Waals surface area contributed by atoms with Crippen molar-refractivity contribution < 1.29 is 14.0 Å². The summed E-state index contributed by atoms with van der Waals surface area (Å²) < 4.78 is 14.0. The van der Waals surface area contributed by atoms with Crippen LogP contribution in [-0.4, -0.2) is 24.4 Å². The van der Waals surface area contributed by atoms with Crippen LogP contribution in [0.3, 0.4) is 0 Å². The van der Waals surface area contributed by atoms with Crippen LogP contribution in [0.25, 0.3) is 0 Å². The maximum absolute atomic E-state index is 14.0. The minimum Gasteiger partial charge on any atom is -0.325 e. The van der Waals surface area contributed by atoms with E-state index in [0.29, 0.717) is 5.69 Å². The average molecular weight is 370 g/mol. The predicted molar refractivity (Wildman–Crippen MR) is 98.5 cm³/mol. The lowest BCUT2D eigenvalue weighted by Crippen LogP contribution is -2.35. The fraction of sp³-hybridized carbons (Fsp3) is 0.556. The van der Waals surface area contributed by atoms with E-state index in [1.807, 2.05) is 0 Å². The van der Waals surface area contributed by atoms with Gasteiger partial charge in [0, 0.05) is 11.6 Å². The Bertz CT molecular complexity index is 614. The molecule has 1 aromatic rings. The van der Waals surface area contributed by atoms with Gasteiger partial charge in [-0.1, -0.05) is 19.3 Å². The Labute approximate surface area is 153 Å². The molecule has 0 radical (unpaired) electrons. The van der Waals surface area contributed by atoms with Gasteiger partial charge in [-0.2, -0.15) is 0 Å². The van der Waals surface area contributed by atoms with E-state index < -0.39 is 5.82 Å². The first kappa shape index (κ1) is 19.7. The van der Waals surface area contributed by atoms with Crippen LogP contribution in [0.2, 0.25) is 0 Å². The van der Waals surface area contributed by atoms with Crippen LogP contribution in [0.4, 0.5) is 15.8 Å². The predicted octanol–water partition coefficient (Wildman–Crippen LogP) is 3.46. The number of nitrogens with one attached hydrogen (secondary N) is 3. The zero-order chi connectivity index (χ0) is 16.9. The summed E-state index contributed by atoms with van der Waals surface area (Å²) in [5.41, 5.74) is 0.622. The van der Waals surface area contributed by atoms with Gasteiger partial charge in [-0.3, -0.25) is 9.59 Å². The Balaban J connectivity index is 0.00000225. The second kappa shape index (κ2) is 9.15. The Morgan fingerprint density at radius 1 is 1.00 bits per heavy atom. The Morgan fingerprint density at radius 2 is 1.76 bits per heavy atom. The molecule has 1 atom stereocenters. The molecule has 2 fully saturated rings. The maximum atomic E-state index is 14.0. The maximum Gasteiger partial charge on any atom is 0.241 e. The van der Waals surface area contributed by atoms with Crippen molar-refractivity contribution in [2.75, 3.05) is 17.2 Å². The molecular formula is C18H25ClFN3O2. The van der Waals surface area contributed by atoms with Gasteiger partial charge >= 0.3 is 0 Å². The summed E-state index contributed by atoms with van der Waals surface area (Å²) in [7, 11) is 0. The Morgan fingerprint density at radius 3 is 2.44 bits per heavy atom. The van der Waals surface area contributed by atoms with Gasteiger partial charge in [0.25, 0.3) is 0 Å². The highest BCUT2D eigenvalue weighted by molar-refractivity contribution is 5.97. The molecule has 1 heterocycles. The van der Waals surface area contributed by atoms with Gasteiger partial charge in [0.05, 0.1) is 11.7 Å². The molecule has 3 rings (SSSR count). The van der Waals surface area contributed by atoms with E-state index in [1.165, 1.54) is 18.2 Å². The van der Waals surface area contributed by atoms with Gasteiger partial charge in [0.1, 0.15) is 5.82 Å². The molecular weight excluding hydrogens is 345 g/mol. The highest BCUT2D eigenvalue weighted by Gasteiger charge is 2.23. The minimum atomic E-state index is -0.490. The molecule has 3 N–H and O–H groups in total. The molecule has 5 nitrogen and oxygen atoms in total. The molecule has 1 aliphatic carbocycles. The molecule has 1 saturated carbocycles. The summed E-state index contributed by atoms with van der Waals surface area (Å²) in [6, 6.07) is 4.07. The molecule has 138 valence electrons. The first-order valence-corrected chi connectivity index (χ1v) is 8.78. The summed E-state index contributed by atoms with van der Waals surface area (Å²) in [6.07, 6.45) is 6.75. The van der Waals surface area contributed by atoms with Crippen LogP contribution >= 0.6 is 12.4 Å². The number of anilines is 2. The van der Waals surface area contributed by atoms with Crippen molar-refractivity contribution >= 4 is 35.6 Å². The fourth-order valence-electron chi connectivity index (χ4n) is 3.44. The van der Waals surface area contributed by atoms with E-state index in [4.69, 9.17) is 0 Å². The molecule has 1 saturated heterocycles. The van der Waals surface area contributed by atoms with Crippen LogP contribution in [0, 0.1) is 11.7 Å². The third-order valence-corrected chi connectivity index (χ3v) is 4.84. The van der Waals surface area contributed by atoms with E-state index in [0.717, 1.165) is 51.5 Å². The van der Waals surface area contributed by atoms with Crippen LogP contribution in [0.15, 0.2) is 18.2 Å². The monoisotopic (exact) mass is 369 g/mol. The van der Waals surface area contributed by atoms with Gasteiger partial charge in [0.15, 0.2) is 0 Å². The molecule has 25 heavy (non-hydrogen) atoms. The van der Waals surface area contributed by atoms with Crippen molar-refractivity contribution in [3.63, 3.8) is 0 Å². The standard InChI is InChI=1S/C18H24FN3O2.ClH/c19-14-9-8-13(21-18(24)15-7-4-10-20-15)11-16(14)22-17(23)12-5-2-1-3-6-12;/h8-9,11-12,15,20H,1-7,10H2,(H,21,24)(H,22,23);1H. The molecule has 0 spiro atoms. The van der Waals surface area contributed by atoms with E-state index >= 15 is 0 Å². The summed E-state index contributed by atoms with van der Waals surface area (Å²) in [5.74, 6) is -0.784. The first-order valence-electron chi connectivity index (χ1n) is 8.78. The quantitative estimate of drug-likeness (QED) is 0.761. The summed E-state index contributed by atoms with van der Waals surface area (Å²) in [6.45, 7) is 0.838. The summed E-state index contributed by atoms with van der Waals surface area (Å²) in [4.78, 5) is 24.4. The van der Waals surface area contributed by atoms with Gasteiger partial charge in [-0.05, 0) is 50.4 Å². The number of hydrogen-bond donors (Lipinski definition) is 3. The van der Waals surface area contributed by atoms with E-state index in [2.05, 4.69) is 16.0 Å². The second-order valence-electron chi connectivity index (χ2n) is 6.66. The van der Waals surface area contributed by atoms with Crippen LogP contribution in [0.5, 0.6) is 0 Å². The summed E-state index contributed by atoms with van der Waals surface area (Å²) >= 11 is 0. The first-order chi connectivity index (χ1) is 11.6. The smallest absolute Gasteiger partial charge is 0.241 e. The van der Waals surface area contributed by atoms with Crippen molar-refractivity contribution in [3.8, 4) is 0 Å². The number of hydrogen-bond acceptors (Lipinski definition) is 3. The average Bonchev–Trinajstić information content (AvgIpc) is 3.13. The number of carbonyl (C=O) groups is 2. The number of halogens is 2. The minimum absolute atomic E-state index is 0. The highest BCUT2D eigenvalue weighted by atomic mass is 35.5. The van der Waals surface area contributed by atoms with Crippen molar-refractivity contribution in [1.29, 1.82) is 0 Å². The lowest BCUT2D eigenvalue weighted by atomic mass is 9.88. The molecule has 1 unspecified atom stereocenters. The Hall–Kier alpha value is -1.66. The number of benzene rings is 1. The molecule has 2 amide bonds. The largest absolute Gasteiger partial charge is 0.325 e. The highest BCUT2D eigenvalue weighted by Crippen LogP contribution is 2.26. The molecule has 0 bridgehead atoms. The van der Waals surface area contributed by atoms with Crippen molar-refractivity contribution in [2.45, 2.75) is 51.0 Å². The van der Waals surface area contributed by atoms with Crippen LogP contribution < -0.4 is 16.0 Å². The molecule has 0 aromatic heterocycles. The summed E-state index contributed by atoms with van der Waals surface area (Å²) in [5, 5.41) is 8.59. The molecule has 7 heteroatoms. The third-order valence-electron chi connectivity index (χ3n) is 4.84. The van der Waals surface area contributed by atoms with Crippen LogP contribution in [0.1, 0.15) is 44.9 Å². The van der Waals surface area contributed by atoms with Gasteiger partial charge in [0.2, 0.25) is 11.8 Å². The van der Waals surface area contributed by atoms with E-state index in [9.17, 15) is 14.0 Å². The number of rotatable bonds is 4. The van der Waals surface area contributed by atoms with E-state index in [-0.39, 0.29) is 41.9 Å². The van der Waals surface area contributed by atoms with Crippen molar-refractivity contribution in [3.05, 3.63) is 24.0 Å². The topological polar surface area (TPSA) is 70.2 Å². The normalized spacial score (nSPS) is 20.6. The van der Waals surface area contributed by atoms with Crippen molar-refractivity contribution in [1.82, 2.24) is 5.32 Å². The fourth-order valence-corrected chi connectivity index (χ4v) is 3.44. The zero-order valence-electron chi connectivity index (χ0n) is 14.1. The second-order valence-corrected chi connectivity index (χ2v) is 6.66. The Kier molecular flexibility index (Phi) is 7.20. The van der Waals surface area contributed by atoms with E-state index in [1.54, 1.807) is 0 Å². The third kappa shape index (κ3) is 5.16. The molecule has 2 aliphatic rings. The molecule has 1 aliphatic heterocycles.